The Morgan fingerprint density at radius 2 is 2.20 bits per heavy atom. The van der Waals surface area contributed by atoms with E-state index in [-0.39, 0.29) is 12.1 Å². The van der Waals surface area contributed by atoms with Gasteiger partial charge >= 0.3 is 6.03 Å². The fraction of sp³-hybridized carbons (Fsp3) is 0.500. The number of amides is 2. The third-order valence-corrected chi connectivity index (χ3v) is 5.64. The molecule has 4 rings (SSSR count). The van der Waals surface area contributed by atoms with E-state index in [2.05, 4.69) is 47.8 Å². The van der Waals surface area contributed by atoms with Crippen molar-refractivity contribution in [3.05, 3.63) is 53.3 Å². The number of aryl methyl sites for hydroxylation is 1. The average molecular weight is 338 g/mol. The molecule has 2 heterocycles. The summed E-state index contributed by atoms with van der Waals surface area (Å²) in [4.78, 5) is 14.7. The number of urea groups is 1. The largest absolute Gasteiger partial charge is 0.331 e. The third-order valence-electron chi connectivity index (χ3n) is 5.64. The quantitative estimate of drug-likeness (QED) is 0.935. The summed E-state index contributed by atoms with van der Waals surface area (Å²) in [6.07, 6.45) is 7.11. The standard InChI is InChI=1S/C20H26N4O/c1-14-9-17-5-3-4-6-18(17)19(14)22-20(25)24-8-7-15(13-24)10-16-11-21-23(2)12-16/h3-6,11-12,14-15,19H,7-10,13H2,1-2H3,(H,22,25)/t14-,15-,19-/m1/s1. The number of hydrogen-bond acceptors (Lipinski definition) is 2. The first-order valence-corrected chi connectivity index (χ1v) is 9.21. The van der Waals surface area contributed by atoms with E-state index < -0.39 is 0 Å². The van der Waals surface area contributed by atoms with Crippen molar-refractivity contribution in [2.24, 2.45) is 18.9 Å². The number of fused-ring (bicyclic) bond motifs is 1. The Kier molecular flexibility index (Phi) is 4.24. The molecule has 0 radical (unpaired) electrons. The number of nitrogens with one attached hydrogen (secondary N) is 1. The minimum atomic E-state index is 0.0854. The molecule has 3 atom stereocenters. The first-order chi connectivity index (χ1) is 12.1. The minimum absolute atomic E-state index is 0.0854. The fourth-order valence-corrected chi connectivity index (χ4v) is 4.33. The Balaban J connectivity index is 1.36. The maximum atomic E-state index is 12.8. The fourth-order valence-electron chi connectivity index (χ4n) is 4.33. The molecule has 0 saturated carbocycles. The van der Waals surface area contributed by atoms with Gasteiger partial charge in [0.25, 0.3) is 0 Å². The van der Waals surface area contributed by atoms with Crippen molar-refractivity contribution in [1.82, 2.24) is 20.0 Å². The first kappa shape index (κ1) is 16.2. The van der Waals surface area contributed by atoms with Gasteiger partial charge in [0.05, 0.1) is 12.2 Å². The SMILES string of the molecule is C[C@@H]1Cc2ccccc2[C@@H]1NC(=O)N1CC[C@H](Cc2cnn(C)c2)C1. The summed E-state index contributed by atoms with van der Waals surface area (Å²) in [7, 11) is 1.94. The topological polar surface area (TPSA) is 50.2 Å². The van der Waals surface area contributed by atoms with Crippen LogP contribution in [0.4, 0.5) is 4.79 Å². The van der Waals surface area contributed by atoms with Gasteiger partial charge in [-0.1, -0.05) is 31.2 Å². The first-order valence-electron chi connectivity index (χ1n) is 9.21. The lowest BCUT2D eigenvalue weighted by Gasteiger charge is -2.24. The van der Waals surface area contributed by atoms with Gasteiger partial charge in [-0.05, 0) is 47.8 Å². The van der Waals surface area contributed by atoms with Gasteiger partial charge < -0.3 is 10.2 Å². The number of hydrogen-bond donors (Lipinski definition) is 1. The molecule has 1 aromatic carbocycles. The highest BCUT2D eigenvalue weighted by Gasteiger charge is 2.33. The molecule has 25 heavy (non-hydrogen) atoms. The molecule has 1 N–H and O–H groups in total. The number of aromatic nitrogens is 2. The zero-order valence-electron chi connectivity index (χ0n) is 15.0. The second kappa shape index (κ2) is 6.54. The van der Waals surface area contributed by atoms with Gasteiger partial charge in [0.2, 0.25) is 0 Å². The zero-order valence-corrected chi connectivity index (χ0v) is 15.0. The lowest BCUT2D eigenvalue weighted by molar-refractivity contribution is 0.199. The van der Waals surface area contributed by atoms with Gasteiger partial charge in [-0.25, -0.2) is 4.79 Å². The van der Waals surface area contributed by atoms with Gasteiger partial charge in [0.15, 0.2) is 0 Å². The summed E-state index contributed by atoms with van der Waals surface area (Å²) in [5.41, 5.74) is 3.92. The number of benzene rings is 1. The third kappa shape index (κ3) is 3.28. The van der Waals surface area contributed by atoms with Crippen LogP contribution in [0.25, 0.3) is 0 Å². The van der Waals surface area contributed by atoms with E-state index in [9.17, 15) is 4.79 Å². The molecule has 0 bridgehead atoms. The van der Waals surface area contributed by atoms with Gasteiger partial charge in [0, 0.05) is 26.3 Å². The molecule has 2 amide bonds. The summed E-state index contributed by atoms with van der Waals surface area (Å²) < 4.78 is 1.84. The molecular weight excluding hydrogens is 312 g/mol. The molecule has 1 aliphatic heterocycles. The summed E-state index contributed by atoms with van der Waals surface area (Å²) >= 11 is 0. The highest BCUT2D eigenvalue weighted by molar-refractivity contribution is 5.75. The van der Waals surface area contributed by atoms with Crippen LogP contribution in [0.15, 0.2) is 36.7 Å². The molecule has 1 fully saturated rings. The van der Waals surface area contributed by atoms with Crippen molar-refractivity contribution in [3.63, 3.8) is 0 Å². The van der Waals surface area contributed by atoms with E-state index in [1.54, 1.807) is 0 Å². The second-order valence-electron chi connectivity index (χ2n) is 7.63. The van der Waals surface area contributed by atoms with Crippen molar-refractivity contribution >= 4 is 6.03 Å². The normalized spacial score (nSPS) is 25.2. The number of carbonyl (C=O) groups is 1. The van der Waals surface area contributed by atoms with Gasteiger partial charge in [-0.3, -0.25) is 4.68 Å². The summed E-state index contributed by atoms with van der Waals surface area (Å²) in [5, 5.41) is 7.52. The molecular formula is C20H26N4O. The van der Waals surface area contributed by atoms with E-state index >= 15 is 0 Å². The lowest BCUT2D eigenvalue weighted by Crippen LogP contribution is -2.41. The molecule has 2 aliphatic rings. The molecule has 5 nitrogen and oxygen atoms in total. The van der Waals surface area contributed by atoms with Crippen molar-refractivity contribution in [3.8, 4) is 0 Å². The summed E-state index contributed by atoms with van der Waals surface area (Å²) in [5.74, 6) is 0.985. The molecule has 0 unspecified atom stereocenters. The number of rotatable bonds is 3. The Labute approximate surface area is 149 Å². The monoisotopic (exact) mass is 338 g/mol. The van der Waals surface area contributed by atoms with E-state index in [0.717, 1.165) is 32.4 Å². The van der Waals surface area contributed by atoms with E-state index in [0.29, 0.717) is 11.8 Å². The van der Waals surface area contributed by atoms with E-state index in [1.165, 1.54) is 16.7 Å². The van der Waals surface area contributed by atoms with Crippen LogP contribution >= 0.6 is 0 Å². The van der Waals surface area contributed by atoms with E-state index in [1.807, 2.05) is 22.8 Å². The van der Waals surface area contributed by atoms with Gasteiger partial charge in [0.1, 0.15) is 0 Å². The smallest absolute Gasteiger partial charge is 0.317 e. The van der Waals surface area contributed by atoms with Crippen LogP contribution < -0.4 is 5.32 Å². The number of carbonyl (C=O) groups excluding carboxylic acids is 1. The minimum Gasteiger partial charge on any atom is -0.331 e. The Morgan fingerprint density at radius 3 is 3.00 bits per heavy atom. The second-order valence-corrected chi connectivity index (χ2v) is 7.63. The van der Waals surface area contributed by atoms with Crippen LogP contribution in [0.5, 0.6) is 0 Å². The average Bonchev–Trinajstić information content (AvgIpc) is 3.29. The predicted molar refractivity (Wildman–Crippen MR) is 97.2 cm³/mol. The van der Waals surface area contributed by atoms with Crippen molar-refractivity contribution in [1.29, 1.82) is 0 Å². The molecule has 1 aromatic heterocycles. The molecule has 0 spiro atoms. The number of likely N-dealkylation sites (tertiary alicyclic amines) is 1. The Bertz CT molecular complexity index is 769. The van der Waals surface area contributed by atoms with Gasteiger partial charge in [-0.15, -0.1) is 0 Å². The highest BCUT2D eigenvalue weighted by Crippen LogP contribution is 2.35. The van der Waals surface area contributed by atoms with Crippen molar-refractivity contribution in [2.75, 3.05) is 13.1 Å². The Morgan fingerprint density at radius 1 is 1.36 bits per heavy atom. The van der Waals surface area contributed by atoms with Crippen molar-refractivity contribution in [2.45, 2.75) is 32.2 Å². The molecule has 2 aromatic rings. The van der Waals surface area contributed by atoms with Crippen LogP contribution in [-0.4, -0.2) is 33.8 Å². The maximum Gasteiger partial charge on any atom is 0.317 e. The summed E-state index contributed by atoms with van der Waals surface area (Å²) in [6, 6.07) is 8.70. The molecule has 132 valence electrons. The van der Waals surface area contributed by atoms with Gasteiger partial charge in [-0.2, -0.15) is 5.10 Å². The van der Waals surface area contributed by atoms with Crippen LogP contribution in [0.3, 0.4) is 0 Å². The van der Waals surface area contributed by atoms with Crippen LogP contribution in [0.2, 0.25) is 0 Å². The molecule has 1 saturated heterocycles. The van der Waals surface area contributed by atoms with Crippen molar-refractivity contribution < 1.29 is 4.79 Å². The van der Waals surface area contributed by atoms with Crippen LogP contribution in [0.1, 0.15) is 36.1 Å². The lowest BCUT2D eigenvalue weighted by atomic mass is 10.0. The predicted octanol–water partition coefficient (Wildman–Crippen LogP) is 2.93. The Hall–Kier alpha value is -2.30. The maximum absolute atomic E-state index is 12.8. The summed E-state index contributed by atoms with van der Waals surface area (Å²) in [6.45, 7) is 3.91. The van der Waals surface area contributed by atoms with Crippen LogP contribution in [0, 0.1) is 11.8 Å². The molecule has 1 aliphatic carbocycles. The highest BCUT2D eigenvalue weighted by atomic mass is 16.2. The zero-order chi connectivity index (χ0) is 17.4. The molecule has 5 heteroatoms. The van der Waals surface area contributed by atoms with Crippen LogP contribution in [-0.2, 0) is 19.9 Å². The number of nitrogens with zero attached hydrogens (tertiary/aromatic N) is 3. The van der Waals surface area contributed by atoms with E-state index in [4.69, 9.17) is 0 Å².